The number of amides is 1. The molecular formula is C35H39N3O5Si. The van der Waals surface area contributed by atoms with Crippen LogP contribution in [0.5, 0.6) is 0 Å². The average Bonchev–Trinajstić information content (AvgIpc) is 3.69. The van der Waals surface area contributed by atoms with Crippen molar-refractivity contribution in [2.75, 3.05) is 0 Å². The minimum atomic E-state index is -2.35. The van der Waals surface area contributed by atoms with E-state index in [0.29, 0.717) is 29.6 Å². The number of hydrogen-bond donors (Lipinski definition) is 1. The maximum atomic E-state index is 15.1. The van der Waals surface area contributed by atoms with Crippen LogP contribution in [0.15, 0.2) is 48.5 Å². The smallest absolute Gasteiger partial charge is 0.350 e. The van der Waals surface area contributed by atoms with Crippen molar-refractivity contribution in [1.82, 2.24) is 13.7 Å². The van der Waals surface area contributed by atoms with Crippen LogP contribution < -0.4 is 0 Å². The Morgan fingerprint density at radius 2 is 1.52 bits per heavy atom. The number of rotatable bonds is 5. The van der Waals surface area contributed by atoms with E-state index < -0.39 is 32.1 Å². The summed E-state index contributed by atoms with van der Waals surface area (Å²) in [6.45, 7) is 16.3. The van der Waals surface area contributed by atoms with Gasteiger partial charge in [-0.05, 0) is 41.2 Å². The molecule has 2 bridgehead atoms. The van der Waals surface area contributed by atoms with Gasteiger partial charge in [0.1, 0.15) is 12.1 Å². The summed E-state index contributed by atoms with van der Waals surface area (Å²) in [5.41, 5.74) is 5.73. The van der Waals surface area contributed by atoms with E-state index in [0.717, 1.165) is 54.7 Å². The van der Waals surface area contributed by atoms with Crippen molar-refractivity contribution in [3.05, 3.63) is 59.7 Å². The predicted octanol–water partition coefficient (Wildman–Crippen LogP) is 8.27. The largest absolute Gasteiger partial charge is 0.360 e. The molecule has 3 aromatic carbocycles. The van der Waals surface area contributed by atoms with Gasteiger partial charge in [0.05, 0.1) is 27.6 Å². The number of hydrogen-bond acceptors (Lipinski definition) is 5. The zero-order valence-electron chi connectivity index (χ0n) is 26.3. The van der Waals surface area contributed by atoms with Crippen molar-refractivity contribution in [2.24, 2.45) is 5.92 Å². The molecule has 228 valence electrons. The van der Waals surface area contributed by atoms with Crippen LogP contribution in [-0.2, 0) is 26.7 Å². The average molecular weight is 610 g/mol. The fraction of sp³-hybridized carbons (Fsp3) is 0.429. The first-order chi connectivity index (χ1) is 21.0. The molecule has 3 atom stereocenters. The van der Waals surface area contributed by atoms with Crippen molar-refractivity contribution in [1.29, 1.82) is 0 Å². The molecule has 44 heavy (non-hydrogen) atoms. The molecule has 0 saturated carbocycles. The molecule has 8 nitrogen and oxygen atoms in total. The number of nitrogens with zero attached hydrogens (tertiary/aromatic N) is 3. The van der Waals surface area contributed by atoms with Crippen molar-refractivity contribution in [3.63, 3.8) is 0 Å². The first-order valence-corrected chi connectivity index (χ1v) is 18.0. The van der Waals surface area contributed by atoms with Crippen LogP contribution in [0.1, 0.15) is 77.0 Å². The van der Waals surface area contributed by atoms with Crippen molar-refractivity contribution in [2.45, 2.75) is 90.0 Å². The van der Waals surface area contributed by atoms with Gasteiger partial charge in [-0.15, -0.1) is 0 Å². The van der Waals surface area contributed by atoms with E-state index in [4.69, 9.17) is 4.74 Å². The molecule has 0 radical (unpaired) electrons. The van der Waals surface area contributed by atoms with Crippen LogP contribution in [0.25, 0.3) is 43.6 Å². The summed E-state index contributed by atoms with van der Waals surface area (Å²) in [6, 6.07) is 16.5. The highest BCUT2D eigenvalue weighted by atomic mass is 28.3. The monoisotopic (exact) mass is 609 g/mol. The molecule has 3 aliphatic rings. The number of carbonyl (C=O) groups excluding carboxylic acids is 2. The molecular weight excluding hydrogens is 570 g/mol. The van der Waals surface area contributed by atoms with E-state index in [2.05, 4.69) is 84.4 Å². The van der Waals surface area contributed by atoms with Gasteiger partial charge in [-0.25, -0.2) is 4.79 Å². The van der Waals surface area contributed by atoms with E-state index in [-0.39, 0.29) is 5.91 Å². The number of carbonyl (C=O) groups is 2. The van der Waals surface area contributed by atoms with Gasteiger partial charge in [-0.3, -0.25) is 4.79 Å². The Morgan fingerprint density at radius 3 is 2.14 bits per heavy atom. The highest BCUT2D eigenvalue weighted by molar-refractivity contribution is 6.83. The van der Waals surface area contributed by atoms with Crippen molar-refractivity contribution >= 4 is 63.7 Å². The van der Waals surface area contributed by atoms with Gasteiger partial charge in [0.2, 0.25) is 5.91 Å². The van der Waals surface area contributed by atoms with Crippen LogP contribution in [0.2, 0.25) is 16.6 Å². The molecule has 1 N–H and O–H groups in total. The third-order valence-electron chi connectivity index (χ3n) is 11.4. The van der Waals surface area contributed by atoms with Gasteiger partial charge in [0, 0.05) is 34.5 Å². The van der Waals surface area contributed by atoms with Crippen LogP contribution in [0.4, 0.5) is 0 Å². The molecule has 1 fully saturated rings. The fourth-order valence-corrected chi connectivity index (χ4v) is 16.9. The normalized spacial score (nSPS) is 23.1. The van der Waals surface area contributed by atoms with E-state index in [1.165, 1.54) is 0 Å². The van der Waals surface area contributed by atoms with Crippen molar-refractivity contribution in [3.8, 4) is 0 Å². The second kappa shape index (κ2) is 8.96. The van der Waals surface area contributed by atoms with Crippen LogP contribution in [0, 0.1) is 5.92 Å². The first kappa shape index (κ1) is 27.9. The SMILES string of the molecule is CC(C)[Si](C(C)C)(C(C)C)N1Cc2c(c3c4ccccc4n4c3c3c2c2ccccc2n3C2(C)O[C@H]4CC2C(=O)OO)C1=O. The lowest BCUT2D eigenvalue weighted by Gasteiger charge is -2.49. The standard InChI is InChI=1S/C35H39N3O5Si/c1-18(2)44(19(3)4,20(5)6)36-17-23-28-22-13-9-11-15-26(22)38-32(28)31-29(30(23)33(36)39)21-12-8-10-14-25(21)37(31)27-16-24(34(40)43-41)35(38,7)42-27/h8-15,18-20,24,27,41H,16-17H2,1-7H3/t24?,27-,35?/m0/s1. The molecule has 2 aromatic heterocycles. The topological polar surface area (TPSA) is 85.9 Å². The molecule has 1 saturated heterocycles. The maximum absolute atomic E-state index is 15.1. The predicted molar refractivity (Wildman–Crippen MR) is 174 cm³/mol. The second-order valence-corrected chi connectivity index (χ2v) is 19.9. The Balaban J connectivity index is 1.59. The molecule has 9 heteroatoms. The van der Waals surface area contributed by atoms with Gasteiger partial charge < -0.3 is 23.3 Å². The van der Waals surface area contributed by atoms with Crippen LogP contribution >= 0.6 is 0 Å². The van der Waals surface area contributed by atoms with E-state index >= 15 is 4.79 Å². The summed E-state index contributed by atoms with van der Waals surface area (Å²) in [4.78, 5) is 32.7. The number of benzene rings is 3. The Kier molecular flexibility index (Phi) is 5.67. The minimum Gasteiger partial charge on any atom is -0.360 e. The second-order valence-electron chi connectivity index (χ2n) is 14.1. The van der Waals surface area contributed by atoms with E-state index in [9.17, 15) is 10.1 Å². The molecule has 2 unspecified atom stereocenters. The van der Waals surface area contributed by atoms with Crippen molar-refractivity contribution < 1.29 is 24.5 Å². The fourth-order valence-electron chi connectivity index (χ4n) is 10.1. The number of para-hydroxylation sites is 2. The Labute approximate surface area is 257 Å². The third kappa shape index (κ3) is 3.01. The number of aromatic nitrogens is 2. The van der Waals surface area contributed by atoms with Gasteiger partial charge >= 0.3 is 5.97 Å². The molecule has 3 aliphatic heterocycles. The summed E-state index contributed by atoms with van der Waals surface area (Å²) >= 11 is 0. The first-order valence-electron chi connectivity index (χ1n) is 15.9. The summed E-state index contributed by atoms with van der Waals surface area (Å²) in [5, 5.41) is 13.6. The van der Waals surface area contributed by atoms with E-state index in [1.807, 2.05) is 31.2 Å². The zero-order chi connectivity index (χ0) is 31.0. The lowest BCUT2D eigenvalue weighted by molar-refractivity contribution is -0.245. The number of ether oxygens (including phenoxy) is 1. The molecule has 1 amide bonds. The summed E-state index contributed by atoms with van der Waals surface area (Å²) < 4.78 is 13.6. The minimum absolute atomic E-state index is 0.146. The Hall–Kier alpha value is -3.66. The molecule has 5 heterocycles. The third-order valence-corrected chi connectivity index (χ3v) is 18.3. The molecule has 5 aromatic rings. The van der Waals surface area contributed by atoms with E-state index in [1.54, 1.807) is 0 Å². The molecule has 0 aliphatic carbocycles. The number of fused-ring (bicyclic) bond motifs is 13. The highest BCUT2D eigenvalue weighted by Crippen LogP contribution is 2.58. The summed E-state index contributed by atoms with van der Waals surface area (Å²) in [5.74, 6) is -1.30. The van der Waals surface area contributed by atoms with Crippen LogP contribution in [0.3, 0.4) is 0 Å². The lowest BCUT2D eigenvalue weighted by Crippen LogP contribution is -2.60. The summed E-state index contributed by atoms with van der Waals surface area (Å²) in [7, 11) is -2.35. The Morgan fingerprint density at radius 1 is 0.932 bits per heavy atom. The zero-order valence-corrected chi connectivity index (χ0v) is 27.3. The van der Waals surface area contributed by atoms with Gasteiger partial charge in [0.25, 0.3) is 0 Å². The molecule has 8 rings (SSSR count). The van der Waals surface area contributed by atoms with Gasteiger partial charge in [-0.1, -0.05) is 77.9 Å². The van der Waals surface area contributed by atoms with Gasteiger partial charge in [0.15, 0.2) is 14.0 Å². The van der Waals surface area contributed by atoms with Crippen LogP contribution in [-0.4, -0.2) is 39.1 Å². The maximum Gasteiger partial charge on any atom is 0.350 e. The summed E-state index contributed by atoms with van der Waals surface area (Å²) in [6.07, 6.45) is -0.160. The van der Waals surface area contributed by atoms with Gasteiger partial charge in [-0.2, -0.15) is 5.26 Å². The quantitative estimate of drug-likeness (QED) is 0.123. The molecule has 0 spiro atoms. The highest BCUT2D eigenvalue weighted by Gasteiger charge is 2.57. The Bertz CT molecular complexity index is 2050. The lowest BCUT2D eigenvalue weighted by atomic mass is 9.93.